The molecule has 144 valence electrons. The van der Waals surface area contributed by atoms with Crippen LogP contribution in [0.5, 0.6) is 11.5 Å². The minimum atomic E-state index is -1.93. The van der Waals surface area contributed by atoms with E-state index in [0.29, 0.717) is 0 Å². The molecular formula is C15H8Br2F4N2O3S. The van der Waals surface area contributed by atoms with Gasteiger partial charge in [0.05, 0.1) is 16.1 Å². The predicted molar refractivity (Wildman–Crippen MR) is 100 cm³/mol. The Bertz CT molecular complexity index is 907. The van der Waals surface area contributed by atoms with Gasteiger partial charge in [-0.15, -0.1) is 0 Å². The largest absolute Gasteiger partial charge is 0.506 e. The molecule has 2 aromatic carbocycles. The number of benzene rings is 2. The number of methoxy groups -OCH3 is 1. The quantitative estimate of drug-likeness (QED) is 0.233. The maximum Gasteiger partial charge on any atom is 0.263 e. The zero-order valence-corrected chi connectivity index (χ0v) is 17.1. The van der Waals surface area contributed by atoms with Gasteiger partial charge >= 0.3 is 0 Å². The second-order valence-corrected chi connectivity index (χ2v) is 6.98. The van der Waals surface area contributed by atoms with Gasteiger partial charge in [0.1, 0.15) is 11.3 Å². The van der Waals surface area contributed by atoms with Crippen molar-refractivity contribution >= 4 is 60.8 Å². The van der Waals surface area contributed by atoms with E-state index in [0.717, 1.165) is 7.11 Å². The van der Waals surface area contributed by atoms with Gasteiger partial charge in [-0.1, -0.05) is 0 Å². The number of aromatic hydroxyl groups is 1. The summed E-state index contributed by atoms with van der Waals surface area (Å²) in [5, 5.41) is 13.6. The predicted octanol–water partition coefficient (Wildman–Crippen LogP) is 4.61. The number of carbonyl (C=O) groups is 1. The molecule has 0 fully saturated rings. The van der Waals surface area contributed by atoms with Crippen molar-refractivity contribution < 1.29 is 32.2 Å². The molecule has 0 aromatic heterocycles. The van der Waals surface area contributed by atoms with Crippen molar-refractivity contribution in [3.8, 4) is 11.5 Å². The maximum absolute atomic E-state index is 13.9. The Labute approximate surface area is 172 Å². The van der Waals surface area contributed by atoms with Gasteiger partial charge in [0.25, 0.3) is 5.91 Å². The molecule has 2 rings (SSSR count). The number of amides is 1. The molecule has 0 spiro atoms. The molecule has 27 heavy (non-hydrogen) atoms. The van der Waals surface area contributed by atoms with Crippen molar-refractivity contribution in [3.05, 3.63) is 49.9 Å². The fraction of sp³-hybridized carbons (Fsp3) is 0.0667. The molecule has 1 amide bonds. The number of hydrogen-bond acceptors (Lipinski definition) is 4. The summed E-state index contributed by atoms with van der Waals surface area (Å²) in [7, 11) is 0.813. The number of thiocarbonyl (C=S) groups is 1. The summed E-state index contributed by atoms with van der Waals surface area (Å²) in [5.74, 6) is -10.5. The van der Waals surface area contributed by atoms with Crippen LogP contribution in [0.15, 0.2) is 21.1 Å². The van der Waals surface area contributed by atoms with Crippen LogP contribution in [0.4, 0.5) is 23.2 Å². The highest BCUT2D eigenvalue weighted by Crippen LogP contribution is 2.35. The number of phenolic OH excluding ortho intramolecular Hbond substituents is 1. The number of phenols is 1. The second kappa shape index (κ2) is 8.40. The van der Waals surface area contributed by atoms with E-state index in [-0.39, 0.29) is 20.4 Å². The fourth-order valence-corrected chi connectivity index (χ4v) is 3.35. The van der Waals surface area contributed by atoms with E-state index >= 15 is 0 Å². The molecule has 0 heterocycles. The van der Waals surface area contributed by atoms with Crippen LogP contribution in [0, 0.1) is 23.3 Å². The molecule has 0 unspecified atom stereocenters. The Kier molecular flexibility index (Phi) is 6.65. The van der Waals surface area contributed by atoms with Gasteiger partial charge in [0, 0.05) is 5.69 Å². The number of nitrogens with one attached hydrogen (secondary N) is 2. The number of hydrogen-bond donors (Lipinski definition) is 3. The molecule has 0 saturated carbocycles. The smallest absolute Gasteiger partial charge is 0.263 e. The first kappa shape index (κ1) is 21.4. The molecule has 5 nitrogen and oxygen atoms in total. The van der Waals surface area contributed by atoms with Crippen LogP contribution in [0.3, 0.4) is 0 Å². The Hall–Kier alpha value is -1.92. The molecule has 0 aliphatic rings. The molecule has 0 aliphatic carbocycles. The van der Waals surface area contributed by atoms with Crippen molar-refractivity contribution in [1.29, 1.82) is 0 Å². The lowest BCUT2D eigenvalue weighted by molar-refractivity contribution is 0.0966. The van der Waals surface area contributed by atoms with Crippen molar-refractivity contribution in [2.75, 3.05) is 12.4 Å². The Morgan fingerprint density at radius 2 is 1.56 bits per heavy atom. The lowest BCUT2D eigenvalue weighted by Gasteiger charge is -2.13. The average molecular weight is 532 g/mol. The normalized spacial score (nSPS) is 10.5. The monoisotopic (exact) mass is 530 g/mol. The SMILES string of the molecule is COc1c(F)c(F)c(C(=O)NC(=S)Nc2cc(Br)c(O)c(Br)c2)c(F)c1F. The highest BCUT2D eigenvalue weighted by molar-refractivity contribution is 9.11. The third kappa shape index (κ3) is 4.33. The standard InChI is InChI=1S/C15H8Br2F4N2O3S/c1-26-13-10(20)8(18)7(9(19)11(13)21)14(25)23-15(27)22-4-2-5(16)12(24)6(17)3-4/h2-3,24H,1H3,(H2,22,23,25,27). The highest BCUT2D eigenvalue weighted by Gasteiger charge is 2.30. The molecule has 2 aromatic rings. The third-order valence-electron chi connectivity index (χ3n) is 3.16. The third-order valence-corrected chi connectivity index (χ3v) is 4.57. The molecule has 0 radical (unpaired) electrons. The first-order chi connectivity index (χ1) is 12.6. The highest BCUT2D eigenvalue weighted by atomic mass is 79.9. The average Bonchev–Trinajstić information content (AvgIpc) is 2.58. The van der Waals surface area contributed by atoms with Gasteiger partial charge in [-0.2, -0.15) is 8.78 Å². The van der Waals surface area contributed by atoms with Crippen molar-refractivity contribution in [2.45, 2.75) is 0 Å². The minimum absolute atomic E-state index is 0.0937. The molecule has 0 bridgehead atoms. The number of carbonyl (C=O) groups excluding carboxylic acids is 1. The maximum atomic E-state index is 13.9. The van der Waals surface area contributed by atoms with Gasteiger partial charge < -0.3 is 15.2 Å². The number of halogens is 6. The topological polar surface area (TPSA) is 70.6 Å². The van der Waals surface area contributed by atoms with Crippen LogP contribution in [0.2, 0.25) is 0 Å². The van der Waals surface area contributed by atoms with Crippen LogP contribution >= 0.6 is 44.1 Å². The summed E-state index contributed by atoms with van der Waals surface area (Å²) in [5.41, 5.74) is -1.21. The van der Waals surface area contributed by atoms with Gasteiger partial charge in [0.2, 0.25) is 11.6 Å². The van der Waals surface area contributed by atoms with Crippen LogP contribution in [-0.4, -0.2) is 23.2 Å². The summed E-state index contributed by atoms with van der Waals surface area (Å²) in [6.07, 6.45) is 0. The van der Waals surface area contributed by atoms with Crippen LogP contribution in [0.25, 0.3) is 0 Å². The van der Waals surface area contributed by atoms with Gasteiger partial charge in [-0.3, -0.25) is 10.1 Å². The van der Waals surface area contributed by atoms with E-state index in [1.807, 2.05) is 5.32 Å². The van der Waals surface area contributed by atoms with Crippen molar-refractivity contribution in [1.82, 2.24) is 5.32 Å². The molecule has 3 N–H and O–H groups in total. The van der Waals surface area contributed by atoms with Gasteiger partial charge in [0.15, 0.2) is 22.5 Å². The Morgan fingerprint density at radius 1 is 1.07 bits per heavy atom. The van der Waals surface area contributed by atoms with Gasteiger partial charge in [-0.05, 0) is 56.2 Å². The van der Waals surface area contributed by atoms with Crippen molar-refractivity contribution in [2.24, 2.45) is 0 Å². The molecule has 0 aliphatic heterocycles. The lowest BCUT2D eigenvalue weighted by Crippen LogP contribution is -2.35. The van der Waals surface area contributed by atoms with Crippen LogP contribution in [-0.2, 0) is 0 Å². The summed E-state index contributed by atoms with van der Waals surface area (Å²) in [6, 6.07) is 2.79. The summed E-state index contributed by atoms with van der Waals surface area (Å²) in [4.78, 5) is 12.0. The Balaban J connectivity index is 2.26. The zero-order chi connectivity index (χ0) is 20.5. The first-order valence-corrected chi connectivity index (χ1v) is 8.78. The van der Waals surface area contributed by atoms with Gasteiger partial charge in [-0.25, -0.2) is 8.78 Å². The van der Waals surface area contributed by atoms with E-state index in [4.69, 9.17) is 12.2 Å². The Morgan fingerprint density at radius 3 is 2.00 bits per heavy atom. The van der Waals surface area contributed by atoms with E-state index in [9.17, 15) is 27.5 Å². The second-order valence-electron chi connectivity index (χ2n) is 4.86. The summed E-state index contributed by atoms with van der Waals surface area (Å²) < 4.78 is 60.1. The summed E-state index contributed by atoms with van der Waals surface area (Å²) in [6.45, 7) is 0. The number of rotatable bonds is 3. The van der Waals surface area contributed by atoms with Crippen LogP contribution in [0.1, 0.15) is 10.4 Å². The minimum Gasteiger partial charge on any atom is -0.506 e. The van der Waals surface area contributed by atoms with E-state index in [1.54, 1.807) is 0 Å². The first-order valence-electron chi connectivity index (χ1n) is 6.78. The number of anilines is 1. The number of ether oxygens (including phenoxy) is 1. The molecule has 0 atom stereocenters. The zero-order valence-electron chi connectivity index (χ0n) is 13.1. The molecule has 12 heteroatoms. The summed E-state index contributed by atoms with van der Waals surface area (Å²) >= 11 is 11.0. The molecule has 0 saturated heterocycles. The van der Waals surface area contributed by atoms with E-state index in [2.05, 4.69) is 41.9 Å². The van der Waals surface area contributed by atoms with E-state index < -0.39 is 45.6 Å². The van der Waals surface area contributed by atoms with Crippen molar-refractivity contribution in [3.63, 3.8) is 0 Å². The van der Waals surface area contributed by atoms with Crippen LogP contribution < -0.4 is 15.4 Å². The molecular weight excluding hydrogens is 524 g/mol. The van der Waals surface area contributed by atoms with E-state index in [1.165, 1.54) is 12.1 Å². The fourth-order valence-electron chi connectivity index (χ4n) is 1.96. The lowest BCUT2D eigenvalue weighted by atomic mass is 10.1.